The summed E-state index contributed by atoms with van der Waals surface area (Å²) < 4.78 is 32.7. The van der Waals surface area contributed by atoms with Crippen molar-refractivity contribution in [1.82, 2.24) is 4.90 Å². The third-order valence-electron chi connectivity index (χ3n) is 2.64. The zero-order chi connectivity index (χ0) is 14.6. The minimum absolute atomic E-state index is 0.176. The Labute approximate surface area is 119 Å². The lowest BCUT2D eigenvalue weighted by molar-refractivity contribution is 0.0625. The molecule has 0 N–H and O–H groups in total. The molecule has 0 aromatic heterocycles. The predicted octanol–water partition coefficient (Wildman–Crippen LogP) is 3.22. The van der Waals surface area contributed by atoms with Gasteiger partial charge >= 0.3 is 0 Å². The number of ether oxygens (including phenoxy) is 1. The molecule has 0 radical (unpaired) electrons. The van der Waals surface area contributed by atoms with E-state index >= 15 is 0 Å². The standard InChI is InChI=1S/C13H16BrF2NO2/c1-8(2)17(4-5-19-3)13(18)12-10(15)6-9(14)7-11(12)16/h6-8H,4-5H2,1-3H3. The van der Waals surface area contributed by atoms with Gasteiger partial charge in [-0.1, -0.05) is 15.9 Å². The number of methoxy groups -OCH3 is 1. The van der Waals surface area contributed by atoms with E-state index in [2.05, 4.69) is 15.9 Å². The second-order valence-corrected chi connectivity index (χ2v) is 5.25. The lowest BCUT2D eigenvalue weighted by atomic mass is 10.1. The van der Waals surface area contributed by atoms with Crippen LogP contribution in [0.15, 0.2) is 16.6 Å². The van der Waals surface area contributed by atoms with Crippen molar-refractivity contribution in [2.24, 2.45) is 0 Å². The van der Waals surface area contributed by atoms with E-state index in [9.17, 15) is 13.6 Å². The molecular weight excluding hydrogens is 320 g/mol. The third kappa shape index (κ3) is 3.98. The average molecular weight is 336 g/mol. The molecule has 106 valence electrons. The summed E-state index contributed by atoms with van der Waals surface area (Å²) in [6.07, 6.45) is 0. The molecular formula is C13H16BrF2NO2. The fourth-order valence-electron chi connectivity index (χ4n) is 1.67. The van der Waals surface area contributed by atoms with Crippen molar-refractivity contribution in [1.29, 1.82) is 0 Å². The molecule has 0 saturated carbocycles. The first-order valence-corrected chi connectivity index (χ1v) is 6.62. The monoisotopic (exact) mass is 335 g/mol. The summed E-state index contributed by atoms with van der Waals surface area (Å²) >= 11 is 2.98. The molecule has 1 aromatic carbocycles. The number of halogens is 3. The van der Waals surface area contributed by atoms with Crippen LogP contribution in [0, 0.1) is 11.6 Å². The molecule has 0 fully saturated rings. The van der Waals surface area contributed by atoms with Crippen molar-refractivity contribution in [3.05, 3.63) is 33.8 Å². The Morgan fingerprint density at radius 1 is 1.37 bits per heavy atom. The van der Waals surface area contributed by atoms with Crippen LogP contribution in [-0.2, 0) is 4.74 Å². The topological polar surface area (TPSA) is 29.5 Å². The van der Waals surface area contributed by atoms with Gasteiger partial charge in [0, 0.05) is 24.2 Å². The first kappa shape index (κ1) is 16.0. The summed E-state index contributed by atoms with van der Waals surface area (Å²) in [5, 5.41) is 0. The van der Waals surface area contributed by atoms with Crippen molar-refractivity contribution in [2.75, 3.05) is 20.3 Å². The number of carbonyl (C=O) groups is 1. The molecule has 1 amide bonds. The van der Waals surface area contributed by atoms with E-state index in [1.165, 1.54) is 12.0 Å². The van der Waals surface area contributed by atoms with E-state index in [1.807, 2.05) is 0 Å². The number of amides is 1. The highest BCUT2D eigenvalue weighted by atomic mass is 79.9. The van der Waals surface area contributed by atoms with Crippen LogP contribution in [0.25, 0.3) is 0 Å². The third-order valence-corrected chi connectivity index (χ3v) is 3.10. The molecule has 6 heteroatoms. The van der Waals surface area contributed by atoms with Gasteiger partial charge in [-0.2, -0.15) is 0 Å². The van der Waals surface area contributed by atoms with Gasteiger partial charge in [-0.05, 0) is 26.0 Å². The Morgan fingerprint density at radius 2 is 1.89 bits per heavy atom. The van der Waals surface area contributed by atoms with E-state index in [1.54, 1.807) is 13.8 Å². The van der Waals surface area contributed by atoms with Crippen LogP contribution >= 0.6 is 15.9 Å². The molecule has 1 rings (SSSR count). The Hall–Kier alpha value is -1.01. The number of hydrogen-bond acceptors (Lipinski definition) is 2. The van der Waals surface area contributed by atoms with Crippen LogP contribution in [0.2, 0.25) is 0 Å². The molecule has 0 saturated heterocycles. The van der Waals surface area contributed by atoms with Crippen LogP contribution in [0.3, 0.4) is 0 Å². The van der Waals surface area contributed by atoms with E-state index in [0.29, 0.717) is 6.61 Å². The Morgan fingerprint density at radius 3 is 2.32 bits per heavy atom. The number of benzene rings is 1. The summed E-state index contributed by atoms with van der Waals surface area (Å²) in [6.45, 7) is 4.15. The van der Waals surface area contributed by atoms with Crippen molar-refractivity contribution in [2.45, 2.75) is 19.9 Å². The molecule has 0 spiro atoms. The molecule has 0 aliphatic heterocycles. The summed E-state index contributed by atoms with van der Waals surface area (Å²) in [5.41, 5.74) is -0.534. The minimum atomic E-state index is -0.875. The number of carbonyl (C=O) groups excluding carboxylic acids is 1. The molecule has 0 unspecified atom stereocenters. The van der Waals surface area contributed by atoms with Gasteiger partial charge in [-0.15, -0.1) is 0 Å². The fourth-order valence-corrected chi connectivity index (χ4v) is 2.08. The lowest BCUT2D eigenvalue weighted by Gasteiger charge is -2.26. The van der Waals surface area contributed by atoms with Crippen molar-refractivity contribution in [3.63, 3.8) is 0 Å². The predicted molar refractivity (Wildman–Crippen MR) is 72.1 cm³/mol. The number of rotatable bonds is 5. The van der Waals surface area contributed by atoms with Crippen molar-refractivity contribution >= 4 is 21.8 Å². The maximum absolute atomic E-state index is 13.8. The second-order valence-electron chi connectivity index (χ2n) is 4.33. The first-order chi connectivity index (χ1) is 8.88. The van der Waals surface area contributed by atoms with E-state index in [0.717, 1.165) is 12.1 Å². The van der Waals surface area contributed by atoms with Crippen LogP contribution in [0.4, 0.5) is 8.78 Å². The minimum Gasteiger partial charge on any atom is -0.383 e. The highest BCUT2D eigenvalue weighted by Gasteiger charge is 2.25. The average Bonchev–Trinajstić information content (AvgIpc) is 2.27. The molecule has 0 heterocycles. The van der Waals surface area contributed by atoms with Crippen LogP contribution < -0.4 is 0 Å². The quantitative estimate of drug-likeness (QED) is 0.826. The van der Waals surface area contributed by atoms with E-state index < -0.39 is 23.1 Å². The van der Waals surface area contributed by atoms with Gasteiger partial charge in [0.25, 0.3) is 5.91 Å². The van der Waals surface area contributed by atoms with Crippen molar-refractivity contribution < 1.29 is 18.3 Å². The number of nitrogens with zero attached hydrogens (tertiary/aromatic N) is 1. The molecule has 0 aliphatic carbocycles. The molecule has 1 aromatic rings. The smallest absolute Gasteiger partial charge is 0.260 e. The molecule has 19 heavy (non-hydrogen) atoms. The normalized spacial score (nSPS) is 10.9. The van der Waals surface area contributed by atoms with Gasteiger partial charge in [0.2, 0.25) is 0 Å². The SMILES string of the molecule is COCCN(C(=O)c1c(F)cc(Br)cc1F)C(C)C. The second kappa shape index (κ2) is 6.96. The summed E-state index contributed by atoms with van der Waals surface area (Å²) in [5.74, 6) is -2.42. The van der Waals surface area contributed by atoms with Crippen molar-refractivity contribution in [3.8, 4) is 0 Å². The highest BCUT2D eigenvalue weighted by Crippen LogP contribution is 2.21. The summed E-state index contributed by atoms with van der Waals surface area (Å²) in [7, 11) is 1.50. The van der Waals surface area contributed by atoms with Gasteiger partial charge in [0.05, 0.1) is 6.61 Å². The molecule has 0 aliphatic rings. The largest absolute Gasteiger partial charge is 0.383 e. The van der Waals surface area contributed by atoms with Gasteiger partial charge in [-0.25, -0.2) is 8.78 Å². The van der Waals surface area contributed by atoms with Gasteiger partial charge in [0.1, 0.15) is 17.2 Å². The molecule has 3 nitrogen and oxygen atoms in total. The Bertz CT molecular complexity index is 443. The number of hydrogen-bond donors (Lipinski definition) is 0. The fraction of sp³-hybridized carbons (Fsp3) is 0.462. The molecule has 0 bridgehead atoms. The van der Waals surface area contributed by atoms with Crippen LogP contribution in [0.5, 0.6) is 0 Å². The molecule has 0 atom stereocenters. The van der Waals surface area contributed by atoms with E-state index in [4.69, 9.17) is 4.74 Å². The summed E-state index contributed by atoms with van der Waals surface area (Å²) in [4.78, 5) is 13.6. The zero-order valence-corrected chi connectivity index (χ0v) is 12.6. The first-order valence-electron chi connectivity index (χ1n) is 5.83. The van der Waals surface area contributed by atoms with Crippen LogP contribution in [0.1, 0.15) is 24.2 Å². The van der Waals surface area contributed by atoms with Crippen LogP contribution in [-0.4, -0.2) is 37.1 Å². The highest BCUT2D eigenvalue weighted by molar-refractivity contribution is 9.10. The zero-order valence-electron chi connectivity index (χ0n) is 11.0. The Kier molecular flexibility index (Phi) is 5.87. The maximum Gasteiger partial charge on any atom is 0.260 e. The van der Waals surface area contributed by atoms with Gasteiger partial charge in [0.15, 0.2) is 0 Å². The van der Waals surface area contributed by atoms with Gasteiger partial charge < -0.3 is 9.64 Å². The maximum atomic E-state index is 13.8. The van der Waals surface area contributed by atoms with Gasteiger partial charge in [-0.3, -0.25) is 4.79 Å². The lowest BCUT2D eigenvalue weighted by Crippen LogP contribution is -2.40. The summed E-state index contributed by atoms with van der Waals surface area (Å²) in [6, 6.07) is 1.97. The Balaban J connectivity index is 3.09. The van der Waals surface area contributed by atoms with E-state index in [-0.39, 0.29) is 17.1 Å².